The van der Waals surface area contributed by atoms with E-state index in [4.69, 9.17) is 0 Å². The lowest BCUT2D eigenvalue weighted by molar-refractivity contribution is 0.00450. The number of aliphatic hydroxyl groups excluding tert-OH is 2. The standard InChI is InChI=1S/C12H16O2/c1-8-4-2-3-5-10(8)12(14)11(13)9-6-7-9/h2-5,9,11-14H,6-7H2,1H3. The van der Waals surface area contributed by atoms with Crippen molar-refractivity contribution in [1.82, 2.24) is 0 Å². The van der Waals surface area contributed by atoms with Gasteiger partial charge in [-0.25, -0.2) is 0 Å². The van der Waals surface area contributed by atoms with Gasteiger partial charge in [0.05, 0.1) is 6.10 Å². The summed E-state index contributed by atoms with van der Waals surface area (Å²) in [6.07, 6.45) is 0.786. The van der Waals surface area contributed by atoms with E-state index in [1.807, 2.05) is 31.2 Å². The van der Waals surface area contributed by atoms with E-state index in [9.17, 15) is 10.2 Å². The van der Waals surface area contributed by atoms with Crippen LogP contribution in [-0.2, 0) is 0 Å². The fourth-order valence-corrected chi connectivity index (χ4v) is 1.80. The van der Waals surface area contributed by atoms with Crippen LogP contribution in [0.25, 0.3) is 0 Å². The van der Waals surface area contributed by atoms with Crippen molar-refractivity contribution in [3.63, 3.8) is 0 Å². The van der Waals surface area contributed by atoms with Crippen LogP contribution in [0, 0.1) is 12.8 Å². The smallest absolute Gasteiger partial charge is 0.105 e. The highest BCUT2D eigenvalue weighted by Crippen LogP contribution is 2.38. The van der Waals surface area contributed by atoms with Crippen LogP contribution in [0.5, 0.6) is 0 Å². The third-order valence-electron chi connectivity index (χ3n) is 2.94. The molecule has 2 N–H and O–H groups in total. The molecule has 76 valence electrons. The molecule has 2 atom stereocenters. The molecule has 1 aliphatic rings. The molecule has 2 unspecified atom stereocenters. The molecular formula is C12H16O2. The molecule has 1 aromatic rings. The average Bonchev–Trinajstić information content (AvgIpc) is 3.00. The molecule has 1 aromatic carbocycles. The van der Waals surface area contributed by atoms with E-state index in [0.717, 1.165) is 24.0 Å². The van der Waals surface area contributed by atoms with Gasteiger partial charge in [0.25, 0.3) is 0 Å². The maximum Gasteiger partial charge on any atom is 0.105 e. The van der Waals surface area contributed by atoms with Gasteiger partial charge < -0.3 is 10.2 Å². The van der Waals surface area contributed by atoms with Gasteiger partial charge in [-0.1, -0.05) is 24.3 Å². The first-order chi connectivity index (χ1) is 6.70. The Balaban J connectivity index is 2.17. The molecule has 2 nitrogen and oxygen atoms in total. The maximum atomic E-state index is 9.93. The number of aliphatic hydroxyl groups is 2. The Morgan fingerprint density at radius 3 is 2.43 bits per heavy atom. The Kier molecular flexibility index (Phi) is 2.57. The average molecular weight is 192 g/mol. The molecule has 0 heterocycles. The van der Waals surface area contributed by atoms with Crippen LogP contribution in [0.1, 0.15) is 30.1 Å². The third kappa shape index (κ3) is 1.81. The van der Waals surface area contributed by atoms with Crippen LogP contribution >= 0.6 is 0 Å². The first-order valence-corrected chi connectivity index (χ1v) is 5.12. The van der Waals surface area contributed by atoms with Crippen molar-refractivity contribution < 1.29 is 10.2 Å². The van der Waals surface area contributed by atoms with Crippen molar-refractivity contribution in [3.05, 3.63) is 35.4 Å². The minimum absolute atomic E-state index is 0.310. The quantitative estimate of drug-likeness (QED) is 0.766. The van der Waals surface area contributed by atoms with Crippen molar-refractivity contribution in [2.45, 2.75) is 32.0 Å². The zero-order valence-electron chi connectivity index (χ0n) is 8.35. The van der Waals surface area contributed by atoms with Gasteiger partial charge in [-0.2, -0.15) is 0 Å². The summed E-state index contributed by atoms with van der Waals surface area (Å²) < 4.78 is 0. The van der Waals surface area contributed by atoms with Crippen molar-refractivity contribution in [3.8, 4) is 0 Å². The summed E-state index contributed by atoms with van der Waals surface area (Å²) in [4.78, 5) is 0. The van der Waals surface area contributed by atoms with Crippen LogP contribution in [0.4, 0.5) is 0 Å². The van der Waals surface area contributed by atoms with Gasteiger partial charge >= 0.3 is 0 Å². The maximum absolute atomic E-state index is 9.93. The molecule has 0 amide bonds. The molecule has 0 radical (unpaired) electrons. The Hall–Kier alpha value is -0.860. The Labute approximate surface area is 84.2 Å². The SMILES string of the molecule is Cc1ccccc1C(O)C(O)C1CC1. The summed E-state index contributed by atoms with van der Waals surface area (Å²) >= 11 is 0. The molecule has 0 saturated heterocycles. The van der Waals surface area contributed by atoms with Crippen LogP contribution in [0.2, 0.25) is 0 Å². The molecule has 1 aliphatic carbocycles. The second kappa shape index (κ2) is 3.71. The Morgan fingerprint density at radius 1 is 1.21 bits per heavy atom. The summed E-state index contributed by atoms with van der Waals surface area (Å²) in [7, 11) is 0. The van der Waals surface area contributed by atoms with Crippen molar-refractivity contribution in [2.75, 3.05) is 0 Å². The zero-order valence-corrected chi connectivity index (χ0v) is 8.35. The monoisotopic (exact) mass is 192 g/mol. The lowest BCUT2D eigenvalue weighted by Gasteiger charge is -2.19. The van der Waals surface area contributed by atoms with Gasteiger partial charge in [-0.3, -0.25) is 0 Å². The predicted octanol–water partition coefficient (Wildman–Crippen LogP) is 1.80. The van der Waals surface area contributed by atoms with E-state index in [0.29, 0.717) is 5.92 Å². The largest absolute Gasteiger partial charge is 0.390 e. The van der Waals surface area contributed by atoms with Gasteiger partial charge in [-0.15, -0.1) is 0 Å². The fraction of sp³-hybridized carbons (Fsp3) is 0.500. The number of rotatable bonds is 3. The van der Waals surface area contributed by atoms with Crippen LogP contribution in [0.3, 0.4) is 0 Å². The van der Waals surface area contributed by atoms with Crippen molar-refractivity contribution in [2.24, 2.45) is 5.92 Å². The lowest BCUT2D eigenvalue weighted by Crippen LogP contribution is -2.20. The van der Waals surface area contributed by atoms with Crippen LogP contribution in [0.15, 0.2) is 24.3 Å². The molecule has 0 bridgehead atoms. The molecule has 0 aliphatic heterocycles. The van der Waals surface area contributed by atoms with Gasteiger partial charge in [0, 0.05) is 0 Å². The topological polar surface area (TPSA) is 40.5 Å². The van der Waals surface area contributed by atoms with Crippen molar-refractivity contribution >= 4 is 0 Å². The second-order valence-electron chi connectivity index (χ2n) is 4.13. The fourth-order valence-electron chi connectivity index (χ4n) is 1.80. The van der Waals surface area contributed by atoms with Gasteiger partial charge in [0.2, 0.25) is 0 Å². The van der Waals surface area contributed by atoms with E-state index in [1.165, 1.54) is 0 Å². The van der Waals surface area contributed by atoms with E-state index < -0.39 is 12.2 Å². The second-order valence-corrected chi connectivity index (χ2v) is 4.13. The number of hydrogen-bond acceptors (Lipinski definition) is 2. The molecule has 2 rings (SSSR count). The minimum Gasteiger partial charge on any atom is -0.390 e. The summed E-state index contributed by atoms with van der Waals surface area (Å²) in [5, 5.41) is 19.7. The number of hydrogen-bond donors (Lipinski definition) is 2. The summed E-state index contributed by atoms with van der Waals surface area (Å²) in [6, 6.07) is 7.67. The van der Waals surface area contributed by atoms with Gasteiger partial charge in [-0.05, 0) is 36.8 Å². The van der Waals surface area contributed by atoms with E-state index >= 15 is 0 Å². The lowest BCUT2D eigenvalue weighted by atomic mass is 9.97. The normalized spacial score (nSPS) is 20.5. The highest BCUT2D eigenvalue weighted by Gasteiger charge is 2.35. The number of benzene rings is 1. The molecular weight excluding hydrogens is 176 g/mol. The molecule has 0 aromatic heterocycles. The van der Waals surface area contributed by atoms with Crippen LogP contribution < -0.4 is 0 Å². The molecule has 14 heavy (non-hydrogen) atoms. The predicted molar refractivity (Wildman–Crippen MR) is 54.9 cm³/mol. The summed E-state index contributed by atoms with van der Waals surface area (Å²) in [5.41, 5.74) is 1.90. The highest BCUT2D eigenvalue weighted by atomic mass is 16.3. The molecule has 0 spiro atoms. The van der Waals surface area contributed by atoms with Gasteiger partial charge in [0.15, 0.2) is 0 Å². The van der Waals surface area contributed by atoms with Crippen LogP contribution in [-0.4, -0.2) is 16.3 Å². The Bertz CT molecular complexity index is 318. The van der Waals surface area contributed by atoms with Gasteiger partial charge in [0.1, 0.15) is 6.10 Å². The third-order valence-corrected chi connectivity index (χ3v) is 2.94. The summed E-state index contributed by atoms with van der Waals surface area (Å²) in [6.45, 7) is 1.96. The Morgan fingerprint density at radius 2 is 1.86 bits per heavy atom. The molecule has 1 saturated carbocycles. The molecule has 2 heteroatoms. The summed E-state index contributed by atoms with van der Waals surface area (Å²) in [5.74, 6) is 0.310. The van der Waals surface area contributed by atoms with E-state index in [-0.39, 0.29) is 0 Å². The van der Waals surface area contributed by atoms with Crippen molar-refractivity contribution in [1.29, 1.82) is 0 Å². The minimum atomic E-state index is -0.719. The number of aryl methyl sites for hydroxylation is 1. The molecule has 1 fully saturated rings. The first-order valence-electron chi connectivity index (χ1n) is 5.12. The van der Waals surface area contributed by atoms with E-state index in [1.54, 1.807) is 0 Å². The first kappa shape index (κ1) is 9.69. The highest BCUT2D eigenvalue weighted by molar-refractivity contribution is 5.28. The van der Waals surface area contributed by atoms with E-state index in [2.05, 4.69) is 0 Å². The zero-order chi connectivity index (χ0) is 10.1.